The molecular formula is C11H21N3O. The molecule has 0 bridgehead atoms. The Balaban J connectivity index is 1.83. The maximum atomic E-state index is 11.1. The van der Waals surface area contributed by atoms with Crippen LogP contribution < -0.4 is 11.1 Å². The second-order valence-electron chi connectivity index (χ2n) is 4.74. The molecule has 4 nitrogen and oxygen atoms in total. The van der Waals surface area contributed by atoms with Crippen molar-refractivity contribution >= 4 is 5.91 Å². The van der Waals surface area contributed by atoms with Crippen molar-refractivity contribution in [2.24, 2.45) is 5.73 Å². The molecule has 4 heteroatoms. The van der Waals surface area contributed by atoms with Gasteiger partial charge in [0.05, 0.1) is 6.04 Å². The van der Waals surface area contributed by atoms with Gasteiger partial charge in [0, 0.05) is 18.6 Å². The van der Waals surface area contributed by atoms with E-state index in [4.69, 9.17) is 5.73 Å². The first-order chi connectivity index (χ1) is 7.22. The summed E-state index contributed by atoms with van der Waals surface area (Å²) in [5, 5.41) is 3.32. The van der Waals surface area contributed by atoms with Gasteiger partial charge < -0.3 is 11.1 Å². The minimum absolute atomic E-state index is 0.0288. The first kappa shape index (κ1) is 10.9. The maximum absolute atomic E-state index is 11.1. The van der Waals surface area contributed by atoms with E-state index in [0.717, 1.165) is 13.0 Å². The number of nitrogens with two attached hydrogens (primary N) is 1. The third-order valence-corrected chi connectivity index (χ3v) is 3.96. The van der Waals surface area contributed by atoms with E-state index < -0.39 is 0 Å². The molecule has 3 N–H and O–H groups in total. The lowest BCUT2D eigenvalue weighted by molar-refractivity contribution is -0.130. The van der Waals surface area contributed by atoms with Crippen LogP contribution in [0, 0.1) is 0 Å². The number of rotatable bonds is 3. The molecule has 1 heterocycles. The predicted octanol–water partition coefficient (Wildman–Crippen LogP) is 0.0766. The fraction of sp³-hybridized carbons (Fsp3) is 0.909. The quantitative estimate of drug-likeness (QED) is 0.695. The molecular weight excluding hydrogens is 190 g/mol. The first-order valence-corrected chi connectivity index (χ1v) is 5.94. The molecule has 2 fully saturated rings. The Morgan fingerprint density at radius 1 is 1.27 bits per heavy atom. The van der Waals surface area contributed by atoms with Gasteiger partial charge in [0.2, 0.25) is 5.91 Å². The number of nitrogens with zero attached hydrogens (tertiary/aromatic N) is 1. The lowest BCUT2D eigenvalue weighted by Crippen LogP contribution is -2.59. The Labute approximate surface area is 91.2 Å². The summed E-state index contributed by atoms with van der Waals surface area (Å²) in [6.07, 6.45) is 5.82. The van der Waals surface area contributed by atoms with Crippen molar-refractivity contribution in [3.8, 4) is 0 Å². The zero-order valence-corrected chi connectivity index (χ0v) is 9.41. The summed E-state index contributed by atoms with van der Waals surface area (Å²) in [5.41, 5.74) is 5.36. The van der Waals surface area contributed by atoms with Gasteiger partial charge in [-0.3, -0.25) is 9.69 Å². The maximum Gasteiger partial charge on any atom is 0.234 e. The fourth-order valence-electron chi connectivity index (χ4n) is 2.85. The normalized spacial score (nSPS) is 37.3. The van der Waals surface area contributed by atoms with Crippen LogP contribution in [0.3, 0.4) is 0 Å². The third-order valence-electron chi connectivity index (χ3n) is 3.96. The van der Waals surface area contributed by atoms with E-state index in [-0.39, 0.29) is 11.9 Å². The van der Waals surface area contributed by atoms with E-state index in [1.54, 1.807) is 0 Å². The van der Waals surface area contributed by atoms with Crippen LogP contribution in [0.25, 0.3) is 0 Å². The summed E-state index contributed by atoms with van der Waals surface area (Å²) in [6, 6.07) is 1.30. The average molecular weight is 211 g/mol. The highest BCUT2D eigenvalue weighted by atomic mass is 16.1. The molecule has 1 saturated carbocycles. The number of hydrogen-bond acceptors (Lipinski definition) is 3. The van der Waals surface area contributed by atoms with Gasteiger partial charge in [0.15, 0.2) is 0 Å². The molecule has 2 rings (SSSR count). The number of amides is 1. The molecule has 15 heavy (non-hydrogen) atoms. The highest BCUT2D eigenvalue weighted by Crippen LogP contribution is 2.29. The Bertz CT molecular complexity index is 236. The number of nitrogens with one attached hydrogen (secondary N) is 1. The van der Waals surface area contributed by atoms with Crippen LogP contribution >= 0.6 is 0 Å². The monoisotopic (exact) mass is 211 g/mol. The van der Waals surface area contributed by atoms with Crippen LogP contribution in [0.4, 0.5) is 0 Å². The summed E-state index contributed by atoms with van der Waals surface area (Å²) in [6.45, 7) is 1.06. The molecule has 0 aromatic heterocycles. The van der Waals surface area contributed by atoms with Gasteiger partial charge in [-0.1, -0.05) is 0 Å². The van der Waals surface area contributed by atoms with Gasteiger partial charge >= 0.3 is 0 Å². The van der Waals surface area contributed by atoms with E-state index in [9.17, 15) is 4.79 Å². The molecule has 0 radical (unpaired) electrons. The first-order valence-electron chi connectivity index (χ1n) is 5.94. The molecule has 0 aromatic rings. The van der Waals surface area contributed by atoms with Crippen molar-refractivity contribution in [3.05, 3.63) is 0 Å². The number of primary amides is 1. The second-order valence-corrected chi connectivity index (χ2v) is 4.74. The molecule has 1 aliphatic heterocycles. The molecule has 1 aliphatic carbocycles. The van der Waals surface area contributed by atoms with E-state index in [2.05, 4.69) is 10.2 Å². The summed E-state index contributed by atoms with van der Waals surface area (Å²) in [4.78, 5) is 13.4. The van der Waals surface area contributed by atoms with Crippen molar-refractivity contribution in [1.82, 2.24) is 10.2 Å². The van der Waals surface area contributed by atoms with Crippen LogP contribution in [-0.4, -0.2) is 42.5 Å². The van der Waals surface area contributed by atoms with Crippen LogP contribution in [-0.2, 0) is 4.79 Å². The Morgan fingerprint density at radius 2 is 1.93 bits per heavy atom. The average Bonchev–Trinajstić information content (AvgIpc) is 2.16. The van der Waals surface area contributed by atoms with Crippen LogP contribution in [0.1, 0.15) is 32.1 Å². The minimum Gasteiger partial charge on any atom is -0.368 e. The van der Waals surface area contributed by atoms with Gasteiger partial charge in [-0.25, -0.2) is 0 Å². The molecule has 1 unspecified atom stereocenters. The molecule has 2 aliphatic rings. The highest BCUT2D eigenvalue weighted by molar-refractivity contribution is 5.80. The smallest absolute Gasteiger partial charge is 0.234 e. The highest BCUT2D eigenvalue weighted by Gasteiger charge is 2.38. The molecule has 1 saturated heterocycles. The van der Waals surface area contributed by atoms with Crippen molar-refractivity contribution < 1.29 is 4.79 Å². The Hall–Kier alpha value is -0.610. The second kappa shape index (κ2) is 4.49. The molecule has 0 aromatic carbocycles. The van der Waals surface area contributed by atoms with Crippen LogP contribution in [0.2, 0.25) is 0 Å². The molecule has 1 atom stereocenters. The zero-order chi connectivity index (χ0) is 10.8. The van der Waals surface area contributed by atoms with E-state index >= 15 is 0 Å². The van der Waals surface area contributed by atoms with Gasteiger partial charge in [0.1, 0.15) is 0 Å². The Morgan fingerprint density at radius 3 is 2.33 bits per heavy atom. The topological polar surface area (TPSA) is 58.4 Å². The fourth-order valence-corrected chi connectivity index (χ4v) is 2.85. The van der Waals surface area contributed by atoms with Gasteiger partial charge in [-0.15, -0.1) is 0 Å². The van der Waals surface area contributed by atoms with E-state index in [0.29, 0.717) is 12.1 Å². The van der Waals surface area contributed by atoms with E-state index in [1.807, 2.05) is 7.05 Å². The number of likely N-dealkylation sites (tertiary alicyclic amines) is 1. The van der Waals surface area contributed by atoms with Gasteiger partial charge in [-0.2, -0.15) is 0 Å². The standard InChI is InChI=1S/C11H21N3O/c1-13-8-2-4-9(5-3-8)14-7-6-10(14)11(12)15/h8-10,13H,2-7H2,1H3,(H2,12,15). The predicted molar refractivity (Wildman–Crippen MR) is 59.4 cm³/mol. The number of carbonyl (C=O) groups excluding carboxylic acids is 1. The van der Waals surface area contributed by atoms with Crippen molar-refractivity contribution in [1.29, 1.82) is 0 Å². The summed E-state index contributed by atoms with van der Waals surface area (Å²) in [7, 11) is 2.03. The van der Waals surface area contributed by atoms with Crippen molar-refractivity contribution in [2.75, 3.05) is 13.6 Å². The van der Waals surface area contributed by atoms with Crippen LogP contribution in [0.5, 0.6) is 0 Å². The van der Waals surface area contributed by atoms with Crippen LogP contribution in [0.15, 0.2) is 0 Å². The Kier molecular flexibility index (Phi) is 3.26. The number of carbonyl (C=O) groups is 1. The van der Waals surface area contributed by atoms with Crippen molar-refractivity contribution in [3.63, 3.8) is 0 Å². The van der Waals surface area contributed by atoms with Crippen molar-refractivity contribution in [2.45, 2.75) is 50.2 Å². The molecule has 1 amide bonds. The zero-order valence-electron chi connectivity index (χ0n) is 9.41. The molecule has 86 valence electrons. The summed E-state index contributed by atoms with van der Waals surface area (Å²) >= 11 is 0. The van der Waals surface area contributed by atoms with Gasteiger partial charge in [0.25, 0.3) is 0 Å². The van der Waals surface area contributed by atoms with Gasteiger partial charge in [-0.05, 0) is 39.2 Å². The SMILES string of the molecule is CNC1CCC(N2CCC2C(N)=O)CC1. The largest absolute Gasteiger partial charge is 0.368 e. The minimum atomic E-state index is -0.142. The molecule has 0 spiro atoms. The summed E-state index contributed by atoms with van der Waals surface area (Å²) < 4.78 is 0. The lowest BCUT2D eigenvalue weighted by atomic mass is 9.86. The summed E-state index contributed by atoms with van der Waals surface area (Å²) in [5.74, 6) is -0.142. The lowest BCUT2D eigenvalue weighted by Gasteiger charge is -2.46. The third kappa shape index (κ3) is 2.16. The number of hydrogen-bond donors (Lipinski definition) is 2. The van der Waals surface area contributed by atoms with E-state index in [1.165, 1.54) is 25.7 Å².